The Morgan fingerprint density at radius 1 is 1.26 bits per heavy atom. The Morgan fingerprint density at radius 2 is 2.00 bits per heavy atom. The lowest BCUT2D eigenvalue weighted by Crippen LogP contribution is -2.34. The summed E-state index contributed by atoms with van der Waals surface area (Å²) >= 11 is 0. The molecular formula is C19H25N3O. The quantitative estimate of drug-likeness (QED) is 0.854. The van der Waals surface area contributed by atoms with Crippen LogP contribution in [0.2, 0.25) is 0 Å². The van der Waals surface area contributed by atoms with Crippen LogP contribution in [0.4, 0.5) is 0 Å². The SMILES string of the molecule is CCN(CC)CCNC(=O)c1cc(C2CC2)nc2ccccc12. The van der Waals surface area contributed by atoms with E-state index in [9.17, 15) is 4.79 Å². The van der Waals surface area contributed by atoms with E-state index in [1.54, 1.807) is 0 Å². The van der Waals surface area contributed by atoms with E-state index in [2.05, 4.69) is 24.1 Å². The molecule has 1 aromatic heterocycles. The molecule has 3 rings (SSSR count). The molecule has 0 unspecified atom stereocenters. The molecule has 1 fully saturated rings. The zero-order valence-electron chi connectivity index (χ0n) is 14.0. The van der Waals surface area contributed by atoms with Crippen molar-refractivity contribution in [2.75, 3.05) is 26.2 Å². The number of nitrogens with zero attached hydrogens (tertiary/aromatic N) is 2. The van der Waals surface area contributed by atoms with E-state index in [1.807, 2.05) is 30.3 Å². The lowest BCUT2D eigenvalue weighted by Gasteiger charge is -2.18. The number of para-hydroxylation sites is 1. The molecule has 1 aromatic carbocycles. The summed E-state index contributed by atoms with van der Waals surface area (Å²) in [6, 6.07) is 9.92. The van der Waals surface area contributed by atoms with Crippen molar-refractivity contribution >= 4 is 16.8 Å². The topological polar surface area (TPSA) is 45.2 Å². The summed E-state index contributed by atoms with van der Waals surface area (Å²) in [4.78, 5) is 19.7. The molecule has 1 aliphatic carbocycles. The molecule has 2 aromatic rings. The minimum absolute atomic E-state index is 0.0117. The molecule has 0 aliphatic heterocycles. The van der Waals surface area contributed by atoms with Gasteiger partial charge in [0.05, 0.1) is 11.1 Å². The number of likely N-dealkylation sites (N-methyl/N-ethyl adjacent to an activating group) is 1. The maximum Gasteiger partial charge on any atom is 0.252 e. The van der Waals surface area contributed by atoms with Crippen LogP contribution in [0.3, 0.4) is 0 Å². The van der Waals surface area contributed by atoms with Gasteiger partial charge in [-0.15, -0.1) is 0 Å². The lowest BCUT2D eigenvalue weighted by molar-refractivity contribution is 0.0950. The third-order valence-electron chi connectivity index (χ3n) is 4.58. The molecule has 4 heteroatoms. The van der Waals surface area contributed by atoms with Crippen molar-refractivity contribution in [2.45, 2.75) is 32.6 Å². The number of rotatable bonds is 7. The van der Waals surface area contributed by atoms with Gasteiger partial charge in [0.1, 0.15) is 0 Å². The Bertz CT molecular complexity index is 690. The zero-order valence-corrected chi connectivity index (χ0v) is 14.0. The molecule has 1 heterocycles. The first-order chi connectivity index (χ1) is 11.2. The highest BCUT2D eigenvalue weighted by atomic mass is 16.1. The minimum atomic E-state index is 0.0117. The number of benzene rings is 1. The molecule has 0 saturated heterocycles. The first kappa shape index (κ1) is 15.9. The van der Waals surface area contributed by atoms with Crippen LogP contribution in [0.5, 0.6) is 0 Å². The Balaban J connectivity index is 1.79. The number of hydrogen-bond donors (Lipinski definition) is 1. The maximum absolute atomic E-state index is 12.7. The zero-order chi connectivity index (χ0) is 16.2. The summed E-state index contributed by atoms with van der Waals surface area (Å²) in [5, 5.41) is 4.01. The van der Waals surface area contributed by atoms with E-state index in [-0.39, 0.29) is 5.91 Å². The minimum Gasteiger partial charge on any atom is -0.351 e. The third kappa shape index (κ3) is 3.70. The number of carbonyl (C=O) groups excluding carboxylic acids is 1. The number of pyridine rings is 1. The fourth-order valence-corrected chi connectivity index (χ4v) is 2.93. The second kappa shape index (κ2) is 7.09. The van der Waals surface area contributed by atoms with Gasteiger partial charge in [-0.1, -0.05) is 32.0 Å². The number of fused-ring (bicyclic) bond motifs is 1. The van der Waals surface area contributed by atoms with Crippen molar-refractivity contribution in [1.29, 1.82) is 0 Å². The maximum atomic E-state index is 12.7. The van der Waals surface area contributed by atoms with Gasteiger partial charge in [-0.25, -0.2) is 0 Å². The molecule has 0 spiro atoms. The summed E-state index contributed by atoms with van der Waals surface area (Å²) in [6.07, 6.45) is 2.38. The van der Waals surface area contributed by atoms with E-state index in [0.717, 1.165) is 41.8 Å². The van der Waals surface area contributed by atoms with Crippen LogP contribution in [0.1, 0.15) is 48.7 Å². The van der Waals surface area contributed by atoms with Gasteiger partial charge in [-0.2, -0.15) is 0 Å². The Kier molecular flexibility index (Phi) is 4.91. The predicted octanol–water partition coefficient (Wildman–Crippen LogP) is 3.18. The number of carbonyl (C=O) groups is 1. The molecule has 0 radical (unpaired) electrons. The van der Waals surface area contributed by atoms with Gasteiger partial charge in [0, 0.05) is 30.1 Å². The Hall–Kier alpha value is -1.94. The van der Waals surface area contributed by atoms with Crippen molar-refractivity contribution in [1.82, 2.24) is 15.2 Å². The third-order valence-corrected chi connectivity index (χ3v) is 4.58. The van der Waals surface area contributed by atoms with Crippen LogP contribution in [0.15, 0.2) is 30.3 Å². The molecular weight excluding hydrogens is 286 g/mol. The molecule has 1 amide bonds. The van der Waals surface area contributed by atoms with Crippen LogP contribution in [-0.2, 0) is 0 Å². The van der Waals surface area contributed by atoms with Crippen LogP contribution in [0.25, 0.3) is 10.9 Å². The van der Waals surface area contributed by atoms with Crippen molar-refractivity contribution in [3.05, 3.63) is 41.6 Å². The van der Waals surface area contributed by atoms with Gasteiger partial charge in [0.25, 0.3) is 5.91 Å². The smallest absolute Gasteiger partial charge is 0.252 e. The second-order valence-corrected chi connectivity index (χ2v) is 6.17. The predicted molar refractivity (Wildman–Crippen MR) is 93.8 cm³/mol. The summed E-state index contributed by atoms with van der Waals surface area (Å²) < 4.78 is 0. The van der Waals surface area contributed by atoms with E-state index < -0.39 is 0 Å². The van der Waals surface area contributed by atoms with Gasteiger partial charge in [-0.05, 0) is 38.1 Å². The molecule has 1 saturated carbocycles. The Morgan fingerprint density at radius 3 is 2.70 bits per heavy atom. The number of aromatic nitrogens is 1. The average molecular weight is 311 g/mol. The molecule has 4 nitrogen and oxygen atoms in total. The second-order valence-electron chi connectivity index (χ2n) is 6.17. The highest BCUT2D eigenvalue weighted by Crippen LogP contribution is 2.40. The van der Waals surface area contributed by atoms with Gasteiger partial charge in [0.15, 0.2) is 0 Å². The van der Waals surface area contributed by atoms with Crippen molar-refractivity contribution in [3.63, 3.8) is 0 Å². The van der Waals surface area contributed by atoms with Crippen molar-refractivity contribution in [3.8, 4) is 0 Å². The van der Waals surface area contributed by atoms with Crippen LogP contribution in [0, 0.1) is 0 Å². The molecule has 23 heavy (non-hydrogen) atoms. The summed E-state index contributed by atoms with van der Waals surface area (Å²) in [5.41, 5.74) is 2.75. The van der Waals surface area contributed by atoms with E-state index in [0.29, 0.717) is 12.5 Å². The molecule has 1 N–H and O–H groups in total. The monoisotopic (exact) mass is 311 g/mol. The molecule has 122 valence electrons. The van der Waals surface area contributed by atoms with Crippen LogP contribution >= 0.6 is 0 Å². The fraction of sp³-hybridized carbons (Fsp3) is 0.474. The first-order valence-corrected chi connectivity index (χ1v) is 8.63. The molecule has 0 bridgehead atoms. The number of nitrogens with one attached hydrogen (secondary N) is 1. The lowest BCUT2D eigenvalue weighted by atomic mass is 10.1. The van der Waals surface area contributed by atoms with Gasteiger partial charge < -0.3 is 10.2 Å². The van der Waals surface area contributed by atoms with Crippen LogP contribution < -0.4 is 5.32 Å². The first-order valence-electron chi connectivity index (χ1n) is 8.63. The van der Waals surface area contributed by atoms with E-state index in [1.165, 1.54) is 12.8 Å². The van der Waals surface area contributed by atoms with E-state index in [4.69, 9.17) is 4.98 Å². The largest absolute Gasteiger partial charge is 0.351 e. The fourth-order valence-electron chi connectivity index (χ4n) is 2.93. The highest BCUT2D eigenvalue weighted by Gasteiger charge is 2.26. The highest BCUT2D eigenvalue weighted by molar-refractivity contribution is 6.06. The molecule has 1 aliphatic rings. The van der Waals surface area contributed by atoms with E-state index >= 15 is 0 Å². The summed E-state index contributed by atoms with van der Waals surface area (Å²) in [7, 11) is 0. The summed E-state index contributed by atoms with van der Waals surface area (Å²) in [6.45, 7) is 7.87. The standard InChI is InChI=1S/C19H25N3O/c1-3-22(4-2)12-11-20-19(23)16-13-18(14-9-10-14)21-17-8-6-5-7-15(16)17/h5-8,13-14H,3-4,9-12H2,1-2H3,(H,20,23). The number of hydrogen-bond acceptors (Lipinski definition) is 3. The Labute approximate surface area is 137 Å². The molecule has 0 atom stereocenters. The van der Waals surface area contributed by atoms with Gasteiger partial charge >= 0.3 is 0 Å². The number of amides is 1. The average Bonchev–Trinajstić information content (AvgIpc) is 3.42. The summed E-state index contributed by atoms with van der Waals surface area (Å²) in [5.74, 6) is 0.555. The van der Waals surface area contributed by atoms with Gasteiger partial charge in [-0.3, -0.25) is 9.78 Å². The van der Waals surface area contributed by atoms with Crippen LogP contribution in [-0.4, -0.2) is 42.0 Å². The normalized spacial score (nSPS) is 14.4. The van der Waals surface area contributed by atoms with Crippen molar-refractivity contribution in [2.24, 2.45) is 0 Å². The van der Waals surface area contributed by atoms with Gasteiger partial charge in [0.2, 0.25) is 0 Å². The van der Waals surface area contributed by atoms with Crippen molar-refractivity contribution < 1.29 is 4.79 Å².